The van der Waals surface area contributed by atoms with Crippen LogP contribution in [0.25, 0.3) is 0 Å². The first-order valence-electron chi connectivity index (χ1n) is 3.23. The average Bonchev–Trinajstić information content (AvgIpc) is 2.12. The minimum atomic E-state index is 0.231. The molecule has 0 atom stereocenters. The molecule has 0 aromatic heterocycles. The Morgan fingerprint density at radius 3 is 2.00 bits per heavy atom. The summed E-state index contributed by atoms with van der Waals surface area (Å²) in [5, 5.41) is 2.30. The lowest BCUT2D eigenvalue weighted by Gasteiger charge is -2.23. The highest BCUT2D eigenvalue weighted by atomic mass is 28.3. The fourth-order valence-electron chi connectivity index (χ4n) is 1.10. The normalized spacial score (nSPS) is 28.9. The van der Waals surface area contributed by atoms with Crippen molar-refractivity contribution in [3.8, 4) is 0 Å². The first-order chi connectivity index (χ1) is 3.80. The second-order valence-corrected chi connectivity index (χ2v) is 7.17. The molecule has 0 aliphatic carbocycles. The van der Waals surface area contributed by atoms with Gasteiger partial charge in [-0.25, -0.2) is 0 Å². The van der Waals surface area contributed by atoms with Crippen molar-refractivity contribution in [1.29, 1.82) is 0 Å². The van der Waals surface area contributed by atoms with Crippen molar-refractivity contribution in [2.75, 3.05) is 14.1 Å². The summed E-state index contributed by atoms with van der Waals surface area (Å²) in [5.74, 6) is 0. The summed E-state index contributed by atoms with van der Waals surface area (Å²) in [4.78, 5) is 0. The van der Waals surface area contributed by atoms with Gasteiger partial charge in [-0.2, -0.15) is 0 Å². The SMILES string of the molecule is CN(C)N1[SiH2]CC[SiH2]1. The monoisotopic (exact) mass is 146 g/mol. The molecular weight excluding hydrogens is 132 g/mol. The lowest BCUT2D eigenvalue weighted by molar-refractivity contribution is 0.232. The topological polar surface area (TPSA) is 6.48 Å². The predicted octanol–water partition coefficient (Wildman–Crippen LogP) is -1.22. The van der Waals surface area contributed by atoms with E-state index in [0.29, 0.717) is 0 Å². The Balaban J connectivity index is 2.24. The van der Waals surface area contributed by atoms with Crippen LogP contribution >= 0.6 is 0 Å². The van der Waals surface area contributed by atoms with Gasteiger partial charge in [-0.1, -0.05) is 12.1 Å². The zero-order valence-electron chi connectivity index (χ0n) is 5.72. The Bertz CT molecular complexity index is 70.4. The maximum atomic E-state index is 2.64. The Morgan fingerprint density at radius 1 is 1.25 bits per heavy atom. The van der Waals surface area contributed by atoms with Gasteiger partial charge in [-0.15, -0.1) is 0 Å². The largest absolute Gasteiger partial charge is 0.296 e. The molecule has 0 aromatic rings. The molecule has 1 aliphatic rings. The minimum Gasteiger partial charge on any atom is -0.296 e. The first kappa shape index (κ1) is 6.47. The molecule has 0 bridgehead atoms. The summed E-state index contributed by atoms with van der Waals surface area (Å²) in [6.07, 6.45) is 0. The third-order valence-corrected chi connectivity index (χ3v) is 8.34. The molecule has 8 heavy (non-hydrogen) atoms. The van der Waals surface area contributed by atoms with Gasteiger partial charge in [0.05, 0.1) is 0 Å². The van der Waals surface area contributed by atoms with Crippen LogP contribution in [0.1, 0.15) is 0 Å². The summed E-state index contributed by atoms with van der Waals surface area (Å²) in [5.41, 5.74) is 0. The number of nitrogens with zero attached hydrogens (tertiary/aromatic N) is 2. The number of hydrogen-bond acceptors (Lipinski definition) is 2. The van der Waals surface area contributed by atoms with E-state index in [1.165, 1.54) is 0 Å². The van der Waals surface area contributed by atoms with E-state index in [1.54, 1.807) is 12.1 Å². The molecule has 0 amide bonds. The summed E-state index contributed by atoms with van der Waals surface area (Å²) in [7, 11) is 4.81. The predicted molar refractivity (Wildman–Crippen MR) is 42.2 cm³/mol. The van der Waals surface area contributed by atoms with Gasteiger partial charge in [0, 0.05) is 14.1 Å². The molecule has 0 radical (unpaired) electrons. The van der Waals surface area contributed by atoms with Crippen molar-refractivity contribution in [3.63, 3.8) is 0 Å². The Labute approximate surface area is 55.6 Å². The van der Waals surface area contributed by atoms with Crippen LogP contribution in [0.2, 0.25) is 12.1 Å². The molecule has 2 nitrogen and oxygen atoms in total. The molecule has 0 unspecified atom stereocenters. The summed E-state index contributed by atoms with van der Waals surface area (Å²) < 4.78 is 2.64. The van der Waals surface area contributed by atoms with Gasteiger partial charge in [0.2, 0.25) is 0 Å². The highest BCUT2D eigenvalue weighted by Gasteiger charge is 2.12. The molecule has 4 heteroatoms. The molecule has 1 fully saturated rings. The molecule has 1 rings (SSSR count). The zero-order valence-corrected chi connectivity index (χ0v) is 8.55. The third kappa shape index (κ3) is 1.41. The molecule has 0 saturated carbocycles. The molecular formula is C4H14N2Si2. The fraction of sp³-hybridized carbons (Fsp3) is 1.00. The van der Waals surface area contributed by atoms with E-state index in [9.17, 15) is 0 Å². The quantitative estimate of drug-likeness (QED) is 0.428. The minimum absolute atomic E-state index is 0.231. The van der Waals surface area contributed by atoms with E-state index in [1.807, 2.05) is 0 Å². The van der Waals surface area contributed by atoms with Crippen LogP contribution in [-0.4, -0.2) is 42.8 Å². The van der Waals surface area contributed by atoms with E-state index in [2.05, 4.69) is 23.4 Å². The highest BCUT2D eigenvalue weighted by Crippen LogP contribution is 2.04. The molecule has 1 aliphatic heterocycles. The van der Waals surface area contributed by atoms with Crippen LogP contribution in [0, 0.1) is 0 Å². The second-order valence-electron chi connectivity index (χ2n) is 2.51. The molecule has 1 saturated heterocycles. The molecule has 0 N–H and O–H groups in total. The zero-order chi connectivity index (χ0) is 5.98. The second kappa shape index (κ2) is 2.77. The number of hydrazine groups is 1. The van der Waals surface area contributed by atoms with Gasteiger partial charge in [0.25, 0.3) is 0 Å². The Morgan fingerprint density at radius 2 is 1.75 bits per heavy atom. The average molecular weight is 146 g/mol. The van der Waals surface area contributed by atoms with Crippen LogP contribution in [0.3, 0.4) is 0 Å². The first-order valence-corrected chi connectivity index (χ1v) is 6.49. The smallest absolute Gasteiger partial charge is 0.104 e. The van der Waals surface area contributed by atoms with Crippen molar-refractivity contribution >= 4 is 19.4 Å². The van der Waals surface area contributed by atoms with Gasteiger partial charge in [0.15, 0.2) is 0 Å². The van der Waals surface area contributed by atoms with Crippen molar-refractivity contribution in [2.24, 2.45) is 0 Å². The van der Waals surface area contributed by atoms with Gasteiger partial charge in [-0.05, 0) is 0 Å². The lowest BCUT2D eigenvalue weighted by atomic mass is 11.0. The van der Waals surface area contributed by atoms with E-state index in [-0.39, 0.29) is 19.4 Å². The van der Waals surface area contributed by atoms with Crippen LogP contribution in [0.15, 0.2) is 0 Å². The maximum absolute atomic E-state index is 2.64. The van der Waals surface area contributed by atoms with Crippen LogP contribution in [-0.2, 0) is 0 Å². The molecule has 0 aromatic carbocycles. The standard InChI is InChI=1S/C4H14N2Si2/c1-5(2)6-7-3-4-8-6/h3-4,7-8H2,1-2H3. The summed E-state index contributed by atoms with van der Waals surface area (Å²) in [6.45, 7) is 0. The van der Waals surface area contributed by atoms with E-state index >= 15 is 0 Å². The van der Waals surface area contributed by atoms with Gasteiger partial charge < -0.3 is 0 Å². The van der Waals surface area contributed by atoms with Gasteiger partial charge >= 0.3 is 0 Å². The third-order valence-electron chi connectivity index (χ3n) is 1.65. The van der Waals surface area contributed by atoms with Crippen LogP contribution in [0.5, 0.6) is 0 Å². The molecule has 48 valence electrons. The maximum Gasteiger partial charge on any atom is 0.104 e. The lowest BCUT2D eigenvalue weighted by Crippen LogP contribution is -2.37. The molecule has 0 spiro atoms. The fourth-order valence-corrected chi connectivity index (χ4v) is 6.66. The van der Waals surface area contributed by atoms with E-state index < -0.39 is 0 Å². The van der Waals surface area contributed by atoms with E-state index in [0.717, 1.165) is 0 Å². The van der Waals surface area contributed by atoms with Crippen LogP contribution in [0.4, 0.5) is 0 Å². The van der Waals surface area contributed by atoms with Crippen molar-refractivity contribution in [3.05, 3.63) is 0 Å². The Kier molecular flexibility index (Phi) is 2.24. The van der Waals surface area contributed by atoms with Crippen LogP contribution < -0.4 is 0 Å². The molecule has 1 heterocycles. The number of hydrogen-bond donors (Lipinski definition) is 0. The van der Waals surface area contributed by atoms with Crippen molar-refractivity contribution in [2.45, 2.75) is 12.1 Å². The van der Waals surface area contributed by atoms with Crippen molar-refractivity contribution < 1.29 is 0 Å². The summed E-state index contributed by atoms with van der Waals surface area (Å²) in [6, 6.07) is 3.15. The van der Waals surface area contributed by atoms with Gasteiger partial charge in [-0.3, -0.25) is 9.35 Å². The Hall–Kier alpha value is 0.354. The highest BCUT2D eigenvalue weighted by molar-refractivity contribution is 6.55. The number of rotatable bonds is 1. The summed E-state index contributed by atoms with van der Waals surface area (Å²) >= 11 is 0. The van der Waals surface area contributed by atoms with Gasteiger partial charge in [0.1, 0.15) is 19.4 Å². The van der Waals surface area contributed by atoms with Crippen molar-refractivity contribution in [1.82, 2.24) is 9.35 Å². The van der Waals surface area contributed by atoms with E-state index in [4.69, 9.17) is 0 Å².